The van der Waals surface area contributed by atoms with Gasteiger partial charge in [-0.2, -0.15) is 0 Å². The molecule has 0 aliphatic heterocycles. The lowest BCUT2D eigenvalue weighted by atomic mass is 9.87. The Morgan fingerprint density at radius 3 is 2.18 bits per heavy atom. The molecule has 0 unspecified atom stereocenters. The Morgan fingerprint density at radius 2 is 1.76 bits per heavy atom. The molecule has 1 aromatic carbocycles. The van der Waals surface area contributed by atoms with E-state index in [0.717, 1.165) is 0 Å². The SMILES string of the molecule is CNC(=O)[C@H](C)Oc1ccc(C(C)(C)C)cc1. The van der Waals surface area contributed by atoms with E-state index >= 15 is 0 Å². The van der Waals surface area contributed by atoms with E-state index in [4.69, 9.17) is 4.74 Å². The van der Waals surface area contributed by atoms with Crippen LogP contribution in [0.5, 0.6) is 5.75 Å². The highest BCUT2D eigenvalue weighted by Gasteiger charge is 2.15. The van der Waals surface area contributed by atoms with Gasteiger partial charge in [-0.25, -0.2) is 0 Å². The molecule has 0 bridgehead atoms. The van der Waals surface area contributed by atoms with E-state index in [1.807, 2.05) is 24.3 Å². The molecule has 0 aliphatic rings. The summed E-state index contributed by atoms with van der Waals surface area (Å²) in [5, 5.41) is 2.56. The van der Waals surface area contributed by atoms with Crippen LogP contribution in [0.2, 0.25) is 0 Å². The lowest BCUT2D eigenvalue weighted by Crippen LogP contribution is -2.33. The van der Waals surface area contributed by atoms with Crippen LogP contribution in [0.3, 0.4) is 0 Å². The smallest absolute Gasteiger partial charge is 0.260 e. The highest BCUT2D eigenvalue weighted by molar-refractivity contribution is 5.80. The van der Waals surface area contributed by atoms with Gasteiger partial charge in [0.05, 0.1) is 0 Å². The fourth-order valence-corrected chi connectivity index (χ4v) is 1.49. The van der Waals surface area contributed by atoms with Gasteiger partial charge in [0.15, 0.2) is 6.10 Å². The third-order valence-electron chi connectivity index (χ3n) is 2.65. The molecule has 0 radical (unpaired) electrons. The summed E-state index contributed by atoms with van der Waals surface area (Å²) >= 11 is 0. The first-order chi connectivity index (χ1) is 7.84. The maximum absolute atomic E-state index is 11.3. The summed E-state index contributed by atoms with van der Waals surface area (Å²) in [6, 6.07) is 7.87. The second-order valence-corrected chi connectivity index (χ2v) is 5.15. The Labute approximate surface area is 103 Å². The highest BCUT2D eigenvalue weighted by atomic mass is 16.5. The maximum Gasteiger partial charge on any atom is 0.260 e. The third kappa shape index (κ3) is 3.77. The number of hydrogen-bond acceptors (Lipinski definition) is 2. The quantitative estimate of drug-likeness (QED) is 0.874. The molecular weight excluding hydrogens is 214 g/mol. The van der Waals surface area contributed by atoms with Crippen molar-refractivity contribution >= 4 is 5.91 Å². The van der Waals surface area contributed by atoms with Gasteiger partial charge in [0.1, 0.15) is 5.75 Å². The van der Waals surface area contributed by atoms with Gasteiger partial charge in [-0.15, -0.1) is 0 Å². The fourth-order valence-electron chi connectivity index (χ4n) is 1.49. The first-order valence-corrected chi connectivity index (χ1v) is 5.83. The molecule has 1 rings (SSSR count). The Kier molecular flexibility index (Phi) is 4.16. The topological polar surface area (TPSA) is 38.3 Å². The molecule has 0 saturated heterocycles. The summed E-state index contributed by atoms with van der Waals surface area (Å²) in [7, 11) is 1.60. The van der Waals surface area contributed by atoms with Gasteiger partial charge in [-0.1, -0.05) is 32.9 Å². The van der Waals surface area contributed by atoms with Gasteiger partial charge in [0.25, 0.3) is 5.91 Å². The van der Waals surface area contributed by atoms with Crippen LogP contribution >= 0.6 is 0 Å². The number of nitrogens with one attached hydrogen (secondary N) is 1. The summed E-state index contributed by atoms with van der Waals surface area (Å²) in [4.78, 5) is 11.3. The summed E-state index contributed by atoms with van der Waals surface area (Å²) in [6.45, 7) is 8.22. The summed E-state index contributed by atoms with van der Waals surface area (Å²) in [5.41, 5.74) is 1.38. The van der Waals surface area contributed by atoms with Crippen LogP contribution in [-0.4, -0.2) is 19.1 Å². The zero-order valence-electron chi connectivity index (χ0n) is 11.2. The van der Waals surface area contributed by atoms with Crippen LogP contribution in [0.1, 0.15) is 33.3 Å². The van der Waals surface area contributed by atoms with Crippen LogP contribution in [-0.2, 0) is 10.2 Å². The predicted octanol–water partition coefficient (Wildman–Crippen LogP) is 2.50. The number of ether oxygens (including phenoxy) is 1. The lowest BCUT2D eigenvalue weighted by Gasteiger charge is -2.20. The summed E-state index contributed by atoms with van der Waals surface area (Å²) in [5.74, 6) is 0.596. The number of carbonyl (C=O) groups excluding carboxylic acids is 1. The second-order valence-electron chi connectivity index (χ2n) is 5.15. The minimum atomic E-state index is -0.472. The Balaban J connectivity index is 2.72. The molecule has 1 atom stereocenters. The number of carbonyl (C=O) groups is 1. The average Bonchev–Trinajstić information content (AvgIpc) is 2.27. The Bertz CT molecular complexity index is 376. The minimum Gasteiger partial charge on any atom is -0.481 e. The van der Waals surface area contributed by atoms with Gasteiger partial charge < -0.3 is 10.1 Å². The van der Waals surface area contributed by atoms with Crippen molar-refractivity contribution in [2.75, 3.05) is 7.05 Å². The minimum absolute atomic E-state index is 0.120. The molecule has 0 fully saturated rings. The molecule has 1 aromatic rings. The number of rotatable bonds is 3. The molecule has 1 N–H and O–H groups in total. The highest BCUT2D eigenvalue weighted by Crippen LogP contribution is 2.24. The first-order valence-electron chi connectivity index (χ1n) is 5.83. The molecular formula is C14H21NO2. The van der Waals surface area contributed by atoms with Crippen molar-refractivity contribution in [3.8, 4) is 5.75 Å². The van der Waals surface area contributed by atoms with E-state index in [0.29, 0.717) is 5.75 Å². The van der Waals surface area contributed by atoms with Crippen LogP contribution in [0.15, 0.2) is 24.3 Å². The van der Waals surface area contributed by atoms with Gasteiger partial charge in [-0.05, 0) is 30.0 Å². The van der Waals surface area contributed by atoms with E-state index in [2.05, 4.69) is 26.1 Å². The van der Waals surface area contributed by atoms with Crippen molar-refractivity contribution in [3.63, 3.8) is 0 Å². The zero-order chi connectivity index (χ0) is 13.1. The standard InChI is InChI=1S/C14H21NO2/c1-10(13(16)15-5)17-12-8-6-11(7-9-12)14(2,3)4/h6-10H,1-5H3,(H,15,16)/t10-/m0/s1. The molecule has 1 amide bonds. The van der Waals surface area contributed by atoms with Crippen molar-refractivity contribution in [2.45, 2.75) is 39.2 Å². The van der Waals surface area contributed by atoms with Gasteiger partial charge in [0.2, 0.25) is 0 Å². The van der Waals surface area contributed by atoms with Gasteiger partial charge in [-0.3, -0.25) is 4.79 Å². The molecule has 3 heteroatoms. The molecule has 3 nitrogen and oxygen atoms in total. The third-order valence-corrected chi connectivity index (χ3v) is 2.65. The molecule has 0 heterocycles. The lowest BCUT2D eigenvalue weighted by molar-refractivity contribution is -0.126. The molecule has 0 aromatic heterocycles. The number of likely N-dealkylation sites (N-methyl/N-ethyl adjacent to an activating group) is 1. The first kappa shape index (κ1) is 13.6. The molecule has 94 valence electrons. The zero-order valence-corrected chi connectivity index (χ0v) is 11.2. The summed E-state index contributed by atoms with van der Waals surface area (Å²) < 4.78 is 5.52. The molecule has 17 heavy (non-hydrogen) atoms. The van der Waals surface area contributed by atoms with E-state index in [1.165, 1.54) is 5.56 Å². The Hall–Kier alpha value is -1.51. The monoisotopic (exact) mass is 235 g/mol. The van der Waals surface area contributed by atoms with Crippen LogP contribution in [0.4, 0.5) is 0 Å². The number of benzene rings is 1. The molecule has 0 aliphatic carbocycles. The second kappa shape index (κ2) is 5.21. The van der Waals surface area contributed by atoms with Crippen molar-refractivity contribution in [1.29, 1.82) is 0 Å². The van der Waals surface area contributed by atoms with Crippen LogP contribution in [0, 0.1) is 0 Å². The van der Waals surface area contributed by atoms with Crippen LogP contribution in [0.25, 0.3) is 0 Å². The molecule has 0 saturated carbocycles. The normalized spacial score (nSPS) is 13.0. The van der Waals surface area contributed by atoms with E-state index in [1.54, 1.807) is 14.0 Å². The van der Waals surface area contributed by atoms with Crippen molar-refractivity contribution in [1.82, 2.24) is 5.32 Å². The average molecular weight is 235 g/mol. The number of amides is 1. The largest absolute Gasteiger partial charge is 0.481 e. The fraction of sp³-hybridized carbons (Fsp3) is 0.500. The maximum atomic E-state index is 11.3. The van der Waals surface area contributed by atoms with Crippen molar-refractivity contribution in [2.24, 2.45) is 0 Å². The van der Waals surface area contributed by atoms with E-state index in [9.17, 15) is 4.79 Å². The van der Waals surface area contributed by atoms with Gasteiger partial charge >= 0.3 is 0 Å². The van der Waals surface area contributed by atoms with E-state index in [-0.39, 0.29) is 11.3 Å². The number of hydrogen-bond donors (Lipinski definition) is 1. The van der Waals surface area contributed by atoms with Crippen molar-refractivity contribution in [3.05, 3.63) is 29.8 Å². The van der Waals surface area contributed by atoms with E-state index < -0.39 is 6.10 Å². The van der Waals surface area contributed by atoms with Gasteiger partial charge in [0, 0.05) is 7.05 Å². The van der Waals surface area contributed by atoms with Crippen LogP contribution < -0.4 is 10.1 Å². The molecule has 0 spiro atoms. The van der Waals surface area contributed by atoms with Crippen molar-refractivity contribution < 1.29 is 9.53 Å². The predicted molar refractivity (Wildman–Crippen MR) is 69.3 cm³/mol. The summed E-state index contributed by atoms with van der Waals surface area (Å²) in [6.07, 6.45) is -0.472. The Morgan fingerprint density at radius 1 is 1.24 bits per heavy atom.